The second-order valence-corrected chi connectivity index (χ2v) is 7.81. The van der Waals surface area contributed by atoms with Crippen molar-refractivity contribution in [2.45, 2.75) is 13.0 Å². The van der Waals surface area contributed by atoms with E-state index in [1.807, 2.05) is 55.4 Å². The summed E-state index contributed by atoms with van der Waals surface area (Å²) in [6, 6.07) is 16.0. The topological polar surface area (TPSA) is 74.0 Å². The van der Waals surface area contributed by atoms with E-state index >= 15 is 0 Å². The normalized spacial score (nSPS) is 18.7. The van der Waals surface area contributed by atoms with Crippen molar-refractivity contribution in [1.82, 2.24) is 9.80 Å². The molecular formula is C24H24N2O4. The summed E-state index contributed by atoms with van der Waals surface area (Å²) in [7, 11) is 3.80. The first kappa shape index (κ1) is 19.9. The number of aliphatic hydroxyl groups excluding tert-OH is 1. The molecule has 1 saturated heterocycles. The number of benzene rings is 2. The van der Waals surface area contributed by atoms with Crippen LogP contribution in [0.15, 0.2) is 64.6 Å². The molecule has 30 heavy (non-hydrogen) atoms. The Bertz CT molecular complexity index is 1160. The van der Waals surface area contributed by atoms with Gasteiger partial charge in [0.05, 0.1) is 5.57 Å². The Morgan fingerprint density at radius 3 is 2.47 bits per heavy atom. The van der Waals surface area contributed by atoms with Crippen molar-refractivity contribution in [3.8, 4) is 0 Å². The van der Waals surface area contributed by atoms with Crippen LogP contribution in [0.25, 0.3) is 16.5 Å². The van der Waals surface area contributed by atoms with Crippen LogP contribution in [0.1, 0.15) is 23.1 Å². The van der Waals surface area contributed by atoms with Crippen molar-refractivity contribution in [1.29, 1.82) is 0 Å². The number of aliphatic hydroxyl groups is 1. The van der Waals surface area contributed by atoms with Crippen LogP contribution >= 0.6 is 0 Å². The fourth-order valence-corrected chi connectivity index (χ4v) is 3.81. The lowest BCUT2D eigenvalue weighted by atomic mass is 9.98. The van der Waals surface area contributed by atoms with E-state index in [-0.39, 0.29) is 11.3 Å². The molecule has 2 aromatic carbocycles. The third-order valence-electron chi connectivity index (χ3n) is 5.38. The number of Topliss-reactive ketones (excluding diaryl/α,β-unsaturated/α-hetero) is 1. The number of hydrogen-bond acceptors (Lipinski definition) is 5. The number of hydrogen-bond donors (Lipinski definition) is 1. The Morgan fingerprint density at radius 1 is 1.07 bits per heavy atom. The smallest absolute Gasteiger partial charge is 0.295 e. The Morgan fingerprint density at radius 2 is 1.80 bits per heavy atom. The molecule has 1 fully saturated rings. The van der Waals surface area contributed by atoms with Crippen LogP contribution in [-0.4, -0.2) is 53.8 Å². The van der Waals surface area contributed by atoms with Gasteiger partial charge in [-0.3, -0.25) is 9.59 Å². The van der Waals surface area contributed by atoms with E-state index in [9.17, 15) is 14.7 Å². The van der Waals surface area contributed by atoms with Crippen LogP contribution < -0.4 is 0 Å². The summed E-state index contributed by atoms with van der Waals surface area (Å²) in [5.74, 6) is -0.371. The molecule has 1 aromatic heterocycles. The summed E-state index contributed by atoms with van der Waals surface area (Å²) in [6.45, 7) is 2.73. The fraction of sp³-hybridized carbons (Fsp3) is 0.250. The molecule has 1 unspecified atom stereocenters. The van der Waals surface area contributed by atoms with Gasteiger partial charge >= 0.3 is 0 Å². The van der Waals surface area contributed by atoms with Gasteiger partial charge in [0.1, 0.15) is 23.3 Å². The lowest BCUT2D eigenvalue weighted by Gasteiger charge is -2.24. The van der Waals surface area contributed by atoms with Gasteiger partial charge in [-0.15, -0.1) is 0 Å². The number of fused-ring (bicyclic) bond motifs is 1. The molecule has 0 saturated carbocycles. The van der Waals surface area contributed by atoms with Crippen molar-refractivity contribution in [2.24, 2.45) is 0 Å². The van der Waals surface area contributed by atoms with Gasteiger partial charge in [0.25, 0.3) is 11.7 Å². The van der Waals surface area contributed by atoms with Gasteiger partial charge < -0.3 is 19.3 Å². The molecule has 6 heteroatoms. The van der Waals surface area contributed by atoms with Crippen LogP contribution in [0.4, 0.5) is 0 Å². The number of likely N-dealkylation sites (tertiary alicyclic amines) is 1. The second-order valence-electron chi connectivity index (χ2n) is 7.81. The Labute approximate surface area is 175 Å². The molecule has 2 heterocycles. The van der Waals surface area contributed by atoms with Crippen LogP contribution in [0.3, 0.4) is 0 Å². The maximum Gasteiger partial charge on any atom is 0.295 e. The number of amides is 1. The first-order valence-electron chi connectivity index (χ1n) is 9.85. The molecule has 1 aliphatic heterocycles. The highest BCUT2D eigenvalue weighted by Crippen LogP contribution is 2.40. The average Bonchev–Trinajstić information content (AvgIpc) is 3.26. The van der Waals surface area contributed by atoms with Crippen molar-refractivity contribution in [3.63, 3.8) is 0 Å². The van der Waals surface area contributed by atoms with Crippen LogP contribution in [0.5, 0.6) is 0 Å². The second kappa shape index (κ2) is 7.80. The minimum atomic E-state index is -0.759. The molecular weight excluding hydrogens is 380 g/mol. The van der Waals surface area contributed by atoms with E-state index in [0.29, 0.717) is 30.2 Å². The number of ketones is 1. The third-order valence-corrected chi connectivity index (χ3v) is 5.38. The van der Waals surface area contributed by atoms with Gasteiger partial charge in [-0.1, -0.05) is 36.4 Å². The number of aryl methyl sites for hydroxylation is 1. The molecule has 1 N–H and O–H groups in total. The number of rotatable bonds is 5. The van der Waals surface area contributed by atoms with Gasteiger partial charge in [-0.25, -0.2) is 0 Å². The molecule has 3 aromatic rings. The summed E-state index contributed by atoms with van der Waals surface area (Å²) in [6.07, 6.45) is 0. The summed E-state index contributed by atoms with van der Waals surface area (Å²) in [5.41, 5.74) is 0.552. The maximum absolute atomic E-state index is 13.0. The van der Waals surface area contributed by atoms with Gasteiger partial charge in [-0.2, -0.15) is 0 Å². The van der Waals surface area contributed by atoms with E-state index < -0.39 is 17.7 Å². The highest BCUT2D eigenvalue weighted by molar-refractivity contribution is 6.46. The van der Waals surface area contributed by atoms with Gasteiger partial charge in [-0.05, 0) is 50.0 Å². The number of nitrogens with zero attached hydrogens (tertiary/aromatic N) is 2. The third kappa shape index (κ3) is 3.50. The lowest BCUT2D eigenvalue weighted by molar-refractivity contribution is -0.140. The molecule has 0 radical (unpaired) electrons. The molecule has 1 aliphatic rings. The number of furan rings is 1. The van der Waals surface area contributed by atoms with Gasteiger partial charge in [0.15, 0.2) is 0 Å². The summed E-state index contributed by atoms with van der Waals surface area (Å²) < 4.78 is 5.78. The lowest BCUT2D eigenvalue weighted by Crippen LogP contribution is -2.35. The van der Waals surface area contributed by atoms with E-state index in [2.05, 4.69) is 0 Å². The quantitative estimate of drug-likeness (QED) is 0.399. The van der Waals surface area contributed by atoms with Crippen molar-refractivity contribution >= 4 is 28.2 Å². The minimum Gasteiger partial charge on any atom is -0.507 e. The zero-order valence-electron chi connectivity index (χ0n) is 17.3. The SMILES string of the molecule is Cc1ccc(C2/C(=C(/O)c3ccc4ccccc4c3)C(=O)C(=O)N2CCN(C)C)o1. The Balaban J connectivity index is 1.85. The highest BCUT2D eigenvalue weighted by atomic mass is 16.3. The molecule has 0 spiro atoms. The first-order valence-corrected chi connectivity index (χ1v) is 9.85. The predicted molar refractivity (Wildman–Crippen MR) is 115 cm³/mol. The van der Waals surface area contributed by atoms with Crippen molar-refractivity contribution < 1.29 is 19.1 Å². The molecule has 0 aliphatic carbocycles. The van der Waals surface area contributed by atoms with Crippen LogP contribution in [-0.2, 0) is 9.59 Å². The molecule has 4 rings (SSSR count). The summed E-state index contributed by atoms with van der Waals surface area (Å²) in [4.78, 5) is 29.2. The molecule has 154 valence electrons. The zero-order chi connectivity index (χ0) is 21.4. The number of likely N-dealkylation sites (N-methyl/N-ethyl adjacent to an activating group) is 1. The van der Waals surface area contributed by atoms with E-state index in [1.54, 1.807) is 25.1 Å². The van der Waals surface area contributed by atoms with Gasteiger partial charge in [0, 0.05) is 18.7 Å². The average molecular weight is 404 g/mol. The standard InChI is InChI=1S/C24H24N2O4/c1-15-8-11-19(30-15)21-20(23(28)24(29)26(21)13-12-25(2)3)22(27)18-10-9-16-6-4-5-7-17(16)14-18/h4-11,14,21,27H,12-13H2,1-3H3/b22-20-. The summed E-state index contributed by atoms with van der Waals surface area (Å²) >= 11 is 0. The number of carbonyl (C=O) groups excluding carboxylic acids is 2. The van der Waals surface area contributed by atoms with Crippen LogP contribution in [0, 0.1) is 6.92 Å². The Kier molecular flexibility index (Phi) is 5.18. The predicted octanol–water partition coefficient (Wildman–Crippen LogP) is 3.72. The largest absolute Gasteiger partial charge is 0.507 e. The van der Waals surface area contributed by atoms with E-state index in [0.717, 1.165) is 10.8 Å². The van der Waals surface area contributed by atoms with Gasteiger partial charge in [0.2, 0.25) is 0 Å². The molecule has 1 amide bonds. The molecule has 0 bridgehead atoms. The van der Waals surface area contributed by atoms with Crippen LogP contribution in [0.2, 0.25) is 0 Å². The molecule has 6 nitrogen and oxygen atoms in total. The highest BCUT2D eigenvalue weighted by Gasteiger charge is 2.47. The minimum absolute atomic E-state index is 0.0587. The zero-order valence-corrected chi connectivity index (χ0v) is 17.3. The van der Waals surface area contributed by atoms with E-state index in [4.69, 9.17) is 4.42 Å². The maximum atomic E-state index is 13.0. The monoisotopic (exact) mass is 404 g/mol. The fourth-order valence-electron chi connectivity index (χ4n) is 3.81. The van der Waals surface area contributed by atoms with E-state index in [1.165, 1.54) is 4.90 Å². The van der Waals surface area contributed by atoms with Crippen molar-refractivity contribution in [2.75, 3.05) is 27.2 Å². The van der Waals surface area contributed by atoms with Crippen molar-refractivity contribution in [3.05, 3.63) is 77.3 Å². The Hall–Kier alpha value is -3.38. The summed E-state index contributed by atoms with van der Waals surface area (Å²) in [5, 5.41) is 13.1. The number of carbonyl (C=O) groups is 2. The first-order chi connectivity index (χ1) is 14.4. The molecule has 1 atom stereocenters.